The molecule has 0 bridgehead atoms. The Morgan fingerprint density at radius 1 is 1.44 bits per heavy atom. The summed E-state index contributed by atoms with van der Waals surface area (Å²) in [5, 5.41) is 15.0. The van der Waals surface area contributed by atoms with Crippen LogP contribution in [0, 0.1) is 5.92 Å². The number of nitrogens with one attached hydrogen (secondary N) is 1. The number of carboxylic acid groups (broad SMARTS) is 1. The van der Waals surface area contributed by atoms with E-state index in [1.807, 2.05) is 13.8 Å². The van der Waals surface area contributed by atoms with Crippen LogP contribution in [0.1, 0.15) is 49.4 Å². The monoisotopic (exact) mass is 254 g/mol. The minimum Gasteiger partial charge on any atom is -0.481 e. The molecule has 6 heteroatoms. The molecule has 1 heterocycles. The van der Waals surface area contributed by atoms with Crippen LogP contribution in [-0.4, -0.2) is 28.7 Å². The SMILES string of the molecule is CC(CNC(=O)c1cc(C(C)C)no1)CC(=O)O. The molecule has 100 valence electrons. The first-order valence-electron chi connectivity index (χ1n) is 5.86. The molecule has 1 rings (SSSR count). The maximum Gasteiger partial charge on any atom is 0.303 e. The summed E-state index contributed by atoms with van der Waals surface area (Å²) in [6, 6.07) is 1.60. The topological polar surface area (TPSA) is 92.4 Å². The zero-order valence-corrected chi connectivity index (χ0v) is 10.8. The largest absolute Gasteiger partial charge is 0.481 e. The van der Waals surface area contributed by atoms with Gasteiger partial charge in [0, 0.05) is 19.0 Å². The molecule has 0 fully saturated rings. The lowest BCUT2D eigenvalue weighted by Gasteiger charge is -2.08. The molecule has 0 radical (unpaired) electrons. The lowest BCUT2D eigenvalue weighted by Crippen LogP contribution is -2.28. The Kier molecular flexibility index (Phi) is 4.88. The van der Waals surface area contributed by atoms with Crippen LogP contribution in [0.15, 0.2) is 10.6 Å². The minimum atomic E-state index is -0.876. The Morgan fingerprint density at radius 2 is 2.11 bits per heavy atom. The molecule has 2 N–H and O–H groups in total. The fourth-order valence-electron chi connectivity index (χ4n) is 1.39. The lowest BCUT2D eigenvalue weighted by molar-refractivity contribution is -0.137. The normalized spacial score (nSPS) is 12.4. The third kappa shape index (κ3) is 4.20. The number of amides is 1. The van der Waals surface area contributed by atoms with Crippen LogP contribution in [0.2, 0.25) is 0 Å². The quantitative estimate of drug-likeness (QED) is 0.805. The van der Waals surface area contributed by atoms with Crippen molar-refractivity contribution in [2.75, 3.05) is 6.54 Å². The summed E-state index contributed by atoms with van der Waals surface area (Å²) in [5.74, 6) is -1.02. The Labute approximate surface area is 105 Å². The van der Waals surface area contributed by atoms with Gasteiger partial charge >= 0.3 is 5.97 Å². The van der Waals surface area contributed by atoms with Crippen molar-refractivity contribution >= 4 is 11.9 Å². The molecule has 18 heavy (non-hydrogen) atoms. The summed E-state index contributed by atoms with van der Waals surface area (Å²) in [5.41, 5.74) is 0.721. The van der Waals surface area contributed by atoms with Crippen LogP contribution in [0.5, 0.6) is 0 Å². The highest BCUT2D eigenvalue weighted by Crippen LogP contribution is 2.13. The number of carbonyl (C=O) groups is 2. The second-order valence-corrected chi connectivity index (χ2v) is 4.68. The van der Waals surface area contributed by atoms with E-state index in [2.05, 4.69) is 10.5 Å². The van der Waals surface area contributed by atoms with E-state index in [9.17, 15) is 9.59 Å². The first kappa shape index (κ1) is 14.2. The summed E-state index contributed by atoms with van der Waals surface area (Å²) < 4.78 is 4.92. The molecule has 0 aromatic carbocycles. The van der Waals surface area contributed by atoms with Gasteiger partial charge in [0.15, 0.2) is 0 Å². The van der Waals surface area contributed by atoms with Crippen LogP contribution in [0.3, 0.4) is 0 Å². The zero-order chi connectivity index (χ0) is 13.7. The Morgan fingerprint density at radius 3 is 2.61 bits per heavy atom. The smallest absolute Gasteiger partial charge is 0.303 e. The fourth-order valence-corrected chi connectivity index (χ4v) is 1.39. The Balaban J connectivity index is 2.47. The number of hydrogen-bond acceptors (Lipinski definition) is 4. The summed E-state index contributed by atoms with van der Waals surface area (Å²) >= 11 is 0. The van der Waals surface area contributed by atoms with Gasteiger partial charge in [0.25, 0.3) is 5.91 Å². The van der Waals surface area contributed by atoms with E-state index in [-0.39, 0.29) is 29.9 Å². The first-order valence-corrected chi connectivity index (χ1v) is 5.86. The van der Waals surface area contributed by atoms with Crippen molar-refractivity contribution < 1.29 is 19.2 Å². The van der Waals surface area contributed by atoms with Crippen molar-refractivity contribution in [1.29, 1.82) is 0 Å². The van der Waals surface area contributed by atoms with Crippen molar-refractivity contribution in [2.45, 2.75) is 33.1 Å². The van der Waals surface area contributed by atoms with Gasteiger partial charge in [-0.2, -0.15) is 0 Å². The average Bonchev–Trinajstić information content (AvgIpc) is 2.74. The second-order valence-electron chi connectivity index (χ2n) is 4.68. The number of hydrogen-bond donors (Lipinski definition) is 2. The molecule has 1 aromatic rings. The highest BCUT2D eigenvalue weighted by molar-refractivity contribution is 5.91. The third-order valence-corrected chi connectivity index (χ3v) is 2.48. The van der Waals surface area contributed by atoms with Gasteiger partial charge in [0.2, 0.25) is 5.76 Å². The van der Waals surface area contributed by atoms with Crippen LogP contribution in [0.25, 0.3) is 0 Å². The third-order valence-electron chi connectivity index (χ3n) is 2.48. The number of nitrogens with zero attached hydrogens (tertiary/aromatic N) is 1. The summed E-state index contributed by atoms with van der Waals surface area (Å²) in [6.07, 6.45) is 0.0218. The van der Waals surface area contributed by atoms with E-state index in [4.69, 9.17) is 9.63 Å². The molecule has 1 amide bonds. The molecule has 1 aromatic heterocycles. The van der Waals surface area contributed by atoms with Crippen molar-refractivity contribution in [3.8, 4) is 0 Å². The van der Waals surface area contributed by atoms with Crippen molar-refractivity contribution in [3.05, 3.63) is 17.5 Å². The van der Waals surface area contributed by atoms with Crippen LogP contribution in [-0.2, 0) is 4.79 Å². The van der Waals surface area contributed by atoms with Crippen molar-refractivity contribution in [1.82, 2.24) is 10.5 Å². The highest BCUT2D eigenvalue weighted by atomic mass is 16.5. The molecular formula is C12H18N2O4. The van der Waals surface area contributed by atoms with E-state index < -0.39 is 5.97 Å². The fraction of sp³-hybridized carbons (Fsp3) is 0.583. The van der Waals surface area contributed by atoms with Gasteiger partial charge in [-0.1, -0.05) is 25.9 Å². The lowest BCUT2D eigenvalue weighted by atomic mass is 10.1. The highest BCUT2D eigenvalue weighted by Gasteiger charge is 2.16. The molecule has 1 atom stereocenters. The molecule has 0 aliphatic carbocycles. The molecule has 6 nitrogen and oxygen atoms in total. The minimum absolute atomic E-state index is 0.0218. The first-order chi connectivity index (χ1) is 8.40. The Bertz CT molecular complexity index is 425. The zero-order valence-electron chi connectivity index (χ0n) is 10.8. The molecule has 0 aliphatic rings. The maximum absolute atomic E-state index is 11.7. The van der Waals surface area contributed by atoms with Crippen LogP contribution in [0.4, 0.5) is 0 Å². The van der Waals surface area contributed by atoms with Crippen LogP contribution < -0.4 is 5.32 Å². The van der Waals surface area contributed by atoms with E-state index in [0.29, 0.717) is 6.54 Å². The molecule has 0 saturated carbocycles. The van der Waals surface area contributed by atoms with Gasteiger partial charge in [-0.25, -0.2) is 0 Å². The predicted octanol–water partition coefficient (Wildman–Crippen LogP) is 1.64. The number of rotatable bonds is 6. The van der Waals surface area contributed by atoms with Gasteiger partial charge in [-0.05, 0) is 11.8 Å². The van der Waals surface area contributed by atoms with Gasteiger partial charge in [0.1, 0.15) is 0 Å². The van der Waals surface area contributed by atoms with Crippen LogP contribution >= 0.6 is 0 Å². The number of carbonyl (C=O) groups excluding carboxylic acids is 1. The van der Waals surface area contributed by atoms with Crippen molar-refractivity contribution in [3.63, 3.8) is 0 Å². The number of aromatic nitrogens is 1. The average molecular weight is 254 g/mol. The summed E-state index contributed by atoms with van der Waals surface area (Å²) in [6.45, 7) is 5.96. The predicted molar refractivity (Wildman–Crippen MR) is 64.3 cm³/mol. The summed E-state index contributed by atoms with van der Waals surface area (Å²) in [7, 11) is 0. The maximum atomic E-state index is 11.7. The van der Waals surface area contributed by atoms with E-state index in [1.165, 1.54) is 0 Å². The van der Waals surface area contributed by atoms with Gasteiger partial charge in [-0.3, -0.25) is 9.59 Å². The second kappa shape index (κ2) is 6.18. The molecule has 0 spiro atoms. The van der Waals surface area contributed by atoms with Gasteiger partial charge in [-0.15, -0.1) is 0 Å². The standard InChI is InChI=1S/C12H18N2O4/c1-7(2)9-5-10(18-14-9)12(17)13-6-8(3)4-11(15)16/h5,7-8H,4,6H2,1-3H3,(H,13,17)(H,15,16). The van der Waals surface area contributed by atoms with E-state index in [1.54, 1.807) is 13.0 Å². The Hall–Kier alpha value is -1.85. The number of aliphatic carboxylic acids is 1. The van der Waals surface area contributed by atoms with Gasteiger partial charge in [0.05, 0.1) is 5.69 Å². The van der Waals surface area contributed by atoms with E-state index >= 15 is 0 Å². The molecule has 1 unspecified atom stereocenters. The van der Waals surface area contributed by atoms with E-state index in [0.717, 1.165) is 5.69 Å². The van der Waals surface area contributed by atoms with Crippen molar-refractivity contribution in [2.24, 2.45) is 5.92 Å². The molecule has 0 saturated heterocycles. The number of carboxylic acids is 1. The molecule has 0 aliphatic heterocycles. The molecular weight excluding hydrogens is 236 g/mol. The summed E-state index contributed by atoms with van der Waals surface area (Å²) in [4.78, 5) is 22.1. The van der Waals surface area contributed by atoms with Gasteiger partial charge < -0.3 is 14.9 Å².